The van der Waals surface area contributed by atoms with Crippen LogP contribution < -0.4 is 0 Å². The molecule has 0 aromatic carbocycles. The Balaban J connectivity index is 1.92. The van der Waals surface area contributed by atoms with E-state index in [0.29, 0.717) is 5.78 Å². The highest BCUT2D eigenvalue weighted by Crippen LogP contribution is 2.26. The summed E-state index contributed by atoms with van der Waals surface area (Å²) >= 11 is 0. The van der Waals surface area contributed by atoms with Gasteiger partial charge in [-0.2, -0.15) is 0 Å². The Kier molecular flexibility index (Phi) is 4.49. The van der Waals surface area contributed by atoms with Gasteiger partial charge in [0, 0.05) is 17.7 Å². The number of rotatable bonds is 0. The molecule has 0 aliphatic heterocycles. The Morgan fingerprint density at radius 2 is 1.45 bits per heavy atom. The highest BCUT2D eigenvalue weighted by molar-refractivity contribution is 5.99. The molecule has 1 aromatic rings. The Morgan fingerprint density at radius 3 is 2.25 bits per heavy atom. The zero-order chi connectivity index (χ0) is 13.8. The largest absolute Gasteiger partial charge is 0.294 e. The summed E-state index contributed by atoms with van der Waals surface area (Å²) < 4.78 is 0. The molecule has 108 valence electrons. The summed E-state index contributed by atoms with van der Waals surface area (Å²) in [4.78, 5) is 17.0. The van der Waals surface area contributed by atoms with Crippen molar-refractivity contribution in [2.45, 2.75) is 77.0 Å². The lowest BCUT2D eigenvalue weighted by molar-refractivity contribution is 0.0970. The minimum absolute atomic E-state index is 0.340. The fraction of sp³-hybridized carbons (Fsp3) is 0.667. The molecule has 1 heterocycles. The zero-order valence-corrected chi connectivity index (χ0v) is 12.4. The molecule has 0 unspecified atom stereocenters. The first-order valence-corrected chi connectivity index (χ1v) is 8.39. The Hall–Kier alpha value is -1.18. The van der Waals surface area contributed by atoms with Gasteiger partial charge in [-0.15, -0.1) is 0 Å². The maximum atomic E-state index is 12.2. The van der Waals surface area contributed by atoms with Crippen LogP contribution in [0.4, 0.5) is 0 Å². The predicted octanol–water partition coefficient (Wildman–Crippen LogP) is 4.43. The van der Waals surface area contributed by atoms with Crippen molar-refractivity contribution in [2.75, 3.05) is 0 Å². The van der Waals surface area contributed by atoms with Gasteiger partial charge in [-0.25, -0.2) is 0 Å². The highest BCUT2D eigenvalue weighted by atomic mass is 16.1. The Bertz CT molecular complexity index is 492. The number of hydrogen-bond donors (Lipinski definition) is 0. The summed E-state index contributed by atoms with van der Waals surface area (Å²) in [6.07, 6.45) is 14.1. The van der Waals surface area contributed by atoms with Gasteiger partial charge in [-0.3, -0.25) is 9.78 Å². The molecule has 20 heavy (non-hydrogen) atoms. The first kappa shape index (κ1) is 13.8. The van der Waals surface area contributed by atoms with E-state index in [9.17, 15) is 4.79 Å². The number of aromatic nitrogens is 1. The summed E-state index contributed by atoms with van der Waals surface area (Å²) in [5.41, 5.74) is 4.63. The number of carbonyl (C=O) groups excluding carboxylic acids is 1. The molecule has 0 radical (unpaired) electrons. The lowest BCUT2D eigenvalue weighted by atomic mass is 9.88. The summed E-state index contributed by atoms with van der Waals surface area (Å²) in [6, 6.07) is 2.24. The second-order valence-corrected chi connectivity index (χ2v) is 6.35. The molecule has 0 fully saturated rings. The number of ketones is 1. The molecule has 0 amide bonds. The molecule has 0 saturated carbocycles. The van der Waals surface area contributed by atoms with E-state index in [1.54, 1.807) is 0 Å². The second kappa shape index (κ2) is 6.51. The lowest BCUT2D eigenvalue weighted by Crippen LogP contribution is -2.17. The Morgan fingerprint density at radius 1 is 0.750 bits per heavy atom. The Labute approximate surface area is 122 Å². The number of nitrogens with zero attached hydrogens (tertiary/aromatic N) is 1. The van der Waals surface area contributed by atoms with E-state index in [2.05, 4.69) is 6.07 Å². The number of hydrogen-bond acceptors (Lipinski definition) is 2. The maximum Gasteiger partial charge on any atom is 0.164 e. The zero-order valence-electron chi connectivity index (χ0n) is 12.4. The molecule has 0 spiro atoms. The summed E-state index contributed by atoms with van der Waals surface area (Å²) in [6.45, 7) is 0. The van der Waals surface area contributed by atoms with Crippen molar-refractivity contribution in [1.82, 2.24) is 4.98 Å². The van der Waals surface area contributed by atoms with Gasteiger partial charge in [0.05, 0.1) is 5.69 Å². The summed E-state index contributed by atoms with van der Waals surface area (Å²) in [5.74, 6) is 0.340. The van der Waals surface area contributed by atoms with Gasteiger partial charge in [-0.05, 0) is 50.2 Å². The molecule has 0 N–H and O–H groups in total. The van der Waals surface area contributed by atoms with Crippen LogP contribution >= 0.6 is 0 Å². The van der Waals surface area contributed by atoms with Crippen LogP contribution in [0.2, 0.25) is 0 Å². The lowest BCUT2D eigenvalue weighted by Gasteiger charge is -2.19. The van der Waals surface area contributed by atoms with Gasteiger partial charge < -0.3 is 0 Å². The van der Waals surface area contributed by atoms with Crippen molar-refractivity contribution < 1.29 is 4.79 Å². The average Bonchev–Trinajstić information content (AvgIpc) is 2.44. The molecule has 3 rings (SSSR count). The van der Waals surface area contributed by atoms with E-state index < -0.39 is 0 Å². The quantitative estimate of drug-likeness (QED) is 0.698. The second-order valence-electron chi connectivity index (χ2n) is 6.35. The molecular formula is C18H25NO. The molecular weight excluding hydrogens is 246 g/mol. The van der Waals surface area contributed by atoms with E-state index >= 15 is 0 Å². The van der Waals surface area contributed by atoms with Gasteiger partial charge >= 0.3 is 0 Å². The van der Waals surface area contributed by atoms with E-state index in [0.717, 1.165) is 43.4 Å². The third-order valence-electron chi connectivity index (χ3n) is 4.70. The fourth-order valence-corrected chi connectivity index (χ4v) is 3.61. The number of aryl methyl sites for hydroxylation is 3. The minimum Gasteiger partial charge on any atom is -0.294 e. The third kappa shape index (κ3) is 3.11. The molecule has 2 aliphatic carbocycles. The van der Waals surface area contributed by atoms with Gasteiger partial charge in [0.25, 0.3) is 0 Å². The molecule has 2 nitrogen and oxygen atoms in total. The van der Waals surface area contributed by atoms with Crippen LogP contribution in [0.3, 0.4) is 0 Å². The monoisotopic (exact) mass is 271 g/mol. The van der Waals surface area contributed by atoms with E-state index in [-0.39, 0.29) is 0 Å². The van der Waals surface area contributed by atoms with Crippen LogP contribution in [0, 0.1) is 0 Å². The first-order chi connectivity index (χ1) is 9.84. The van der Waals surface area contributed by atoms with Crippen molar-refractivity contribution in [3.63, 3.8) is 0 Å². The van der Waals surface area contributed by atoms with Crippen LogP contribution in [0.15, 0.2) is 6.07 Å². The third-order valence-corrected chi connectivity index (χ3v) is 4.70. The van der Waals surface area contributed by atoms with E-state index in [1.165, 1.54) is 56.2 Å². The molecule has 2 aliphatic rings. The normalized spacial score (nSPS) is 20.7. The minimum atomic E-state index is 0.340. The number of Topliss-reactive ketones (excluding diaryl/α,β-unsaturated/α-hetero) is 1. The van der Waals surface area contributed by atoms with E-state index in [1.807, 2.05) is 0 Å². The van der Waals surface area contributed by atoms with Crippen molar-refractivity contribution in [2.24, 2.45) is 0 Å². The number of pyridine rings is 1. The number of fused-ring (bicyclic) bond motifs is 4. The van der Waals surface area contributed by atoms with Gasteiger partial charge in [0.15, 0.2) is 5.78 Å². The van der Waals surface area contributed by atoms with Gasteiger partial charge in [0.2, 0.25) is 0 Å². The van der Waals surface area contributed by atoms with Crippen LogP contribution in [0.5, 0.6) is 0 Å². The van der Waals surface area contributed by atoms with Crippen molar-refractivity contribution >= 4 is 5.78 Å². The standard InChI is InChI=1S/C18H25NO/c20-17-12-8-11-16-18(17)14-9-6-4-2-1-3-5-7-10-15(13-14)19-16/h13H,1-12H2. The van der Waals surface area contributed by atoms with Gasteiger partial charge in [-0.1, -0.05) is 32.1 Å². The SMILES string of the molecule is O=C1CCCc2nc3cc(c21)CCCCCCCCC3. The molecule has 1 aromatic heterocycles. The smallest absolute Gasteiger partial charge is 0.164 e. The summed E-state index contributed by atoms with van der Waals surface area (Å²) in [7, 11) is 0. The molecule has 0 saturated heterocycles. The first-order valence-electron chi connectivity index (χ1n) is 8.39. The van der Waals surface area contributed by atoms with Gasteiger partial charge in [0.1, 0.15) is 0 Å². The highest BCUT2D eigenvalue weighted by Gasteiger charge is 2.22. The van der Waals surface area contributed by atoms with Crippen LogP contribution in [-0.2, 0) is 19.3 Å². The van der Waals surface area contributed by atoms with E-state index in [4.69, 9.17) is 4.98 Å². The van der Waals surface area contributed by atoms with Crippen LogP contribution in [0.1, 0.15) is 85.1 Å². The maximum absolute atomic E-state index is 12.2. The van der Waals surface area contributed by atoms with Crippen molar-refractivity contribution in [3.05, 3.63) is 28.6 Å². The molecule has 2 bridgehead atoms. The molecule has 2 heteroatoms. The van der Waals surface area contributed by atoms with Crippen molar-refractivity contribution in [1.29, 1.82) is 0 Å². The predicted molar refractivity (Wildman–Crippen MR) is 81.2 cm³/mol. The van der Waals surface area contributed by atoms with Crippen LogP contribution in [-0.4, -0.2) is 10.8 Å². The van der Waals surface area contributed by atoms with Crippen molar-refractivity contribution in [3.8, 4) is 0 Å². The average molecular weight is 271 g/mol. The fourth-order valence-electron chi connectivity index (χ4n) is 3.61. The number of carbonyl (C=O) groups is 1. The topological polar surface area (TPSA) is 30.0 Å². The van der Waals surface area contributed by atoms with Crippen LogP contribution in [0.25, 0.3) is 0 Å². The molecule has 0 atom stereocenters. The summed E-state index contributed by atoms with van der Waals surface area (Å²) in [5, 5.41) is 0.